The van der Waals surface area contributed by atoms with Crippen molar-refractivity contribution in [2.45, 2.75) is 25.3 Å². The molecule has 0 atom stereocenters. The highest BCUT2D eigenvalue weighted by Crippen LogP contribution is 2.30. The molecule has 31 heavy (non-hydrogen) atoms. The molecule has 1 heterocycles. The SMILES string of the molecule is CCOC(=O)Nc1cc(S(=O)(=O)N2CCN(Cc3ccccc3)CC2)ccc1OCC. The van der Waals surface area contributed by atoms with Gasteiger partial charge >= 0.3 is 6.09 Å². The number of carbonyl (C=O) groups excluding carboxylic acids is 1. The highest BCUT2D eigenvalue weighted by atomic mass is 32.2. The van der Waals surface area contributed by atoms with Crippen molar-refractivity contribution in [1.82, 2.24) is 9.21 Å². The lowest BCUT2D eigenvalue weighted by Crippen LogP contribution is -2.48. The van der Waals surface area contributed by atoms with Crippen LogP contribution >= 0.6 is 0 Å². The van der Waals surface area contributed by atoms with Gasteiger partial charge in [-0.1, -0.05) is 30.3 Å². The van der Waals surface area contributed by atoms with E-state index in [2.05, 4.69) is 22.3 Å². The van der Waals surface area contributed by atoms with Gasteiger partial charge in [-0.15, -0.1) is 0 Å². The molecule has 168 valence electrons. The summed E-state index contributed by atoms with van der Waals surface area (Å²) in [6.07, 6.45) is -0.660. The molecule has 8 nitrogen and oxygen atoms in total. The lowest BCUT2D eigenvalue weighted by Gasteiger charge is -2.34. The third-order valence-electron chi connectivity index (χ3n) is 4.98. The normalized spacial score (nSPS) is 15.4. The molecule has 2 aromatic rings. The van der Waals surface area contributed by atoms with Gasteiger partial charge in [0.25, 0.3) is 0 Å². The number of piperazine rings is 1. The van der Waals surface area contributed by atoms with E-state index in [0.29, 0.717) is 38.5 Å². The van der Waals surface area contributed by atoms with Crippen LogP contribution in [0.1, 0.15) is 19.4 Å². The van der Waals surface area contributed by atoms with Crippen LogP contribution in [0.15, 0.2) is 53.4 Å². The standard InChI is InChI=1S/C22H29N3O5S/c1-3-29-21-11-10-19(16-20(21)23-22(26)30-4-2)31(27,28)25-14-12-24(13-15-25)17-18-8-6-5-7-9-18/h5-11,16H,3-4,12-15,17H2,1-2H3,(H,23,26). The van der Waals surface area contributed by atoms with E-state index < -0.39 is 16.1 Å². The van der Waals surface area contributed by atoms with E-state index in [0.717, 1.165) is 6.54 Å². The molecule has 0 bridgehead atoms. The Morgan fingerprint density at radius 1 is 1.00 bits per heavy atom. The van der Waals surface area contributed by atoms with Crippen LogP contribution in [0.4, 0.5) is 10.5 Å². The quantitative estimate of drug-likeness (QED) is 0.669. The molecule has 0 aliphatic carbocycles. The second kappa shape index (κ2) is 10.6. The van der Waals surface area contributed by atoms with Gasteiger partial charge in [-0.25, -0.2) is 13.2 Å². The van der Waals surface area contributed by atoms with Crippen molar-refractivity contribution < 1.29 is 22.7 Å². The number of nitrogens with one attached hydrogen (secondary N) is 1. The molecule has 0 unspecified atom stereocenters. The van der Waals surface area contributed by atoms with E-state index in [1.807, 2.05) is 25.1 Å². The van der Waals surface area contributed by atoms with Crippen LogP contribution in [-0.2, 0) is 21.3 Å². The number of nitrogens with zero attached hydrogens (tertiary/aromatic N) is 2. The predicted molar refractivity (Wildman–Crippen MR) is 119 cm³/mol. The van der Waals surface area contributed by atoms with Crippen molar-refractivity contribution in [2.24, 2.45) is 0 Å². The minimum Gasteiger partial charge on any atom is -0.492 e. The molecular formula is C22H29N3O5S. The third-order valence-corrected chi connectivity index (χ3v) is 6.88. The number of rotatable bonds is 8. The monoisotopic (exact) mass is 447 g/mol. The minimum absolute atomic E-state index is 0.110. The number of carbonyl (C=O) groups is 1. The lowest BCUT2D eigenvalue weighted by molar-refractivity contribution is 0.167. The van der Waals surface area contributed by atoms with Gasteiger partial charge in [-0.05, 0) is 37.6 Å². The maximum Gasteiger partial charge on any atom is 0.411 e. The Balaban J connectivity index is 1.71. The average Bonchev–Trinajstić information content (AvgIpc) is 2.76. The number of sulfonamides is 1. The van der Waals surface area contributed by atoms with E-state index in [9.17, 15) is 13.2 Å². The molecule has 0 saturated carbocycles. The first kappa shape index (κ1) is 23.1. The topological polar surface area (TPSA) is 88.2 Å². The number of ether oxygens (including phenoxy) is 2. The lowest BCUT2D eigenvalue weighted by atomic mass is 10.2. The Bertz CT molecular complexity index is 974. The number of benzene rings is 2. The van der Waals surface area contributed by atoms with Gasteiger partial charge in [0.15, 0.2) is 0 Å². The maximum atomic E-state index is 13.2. The van der Waals surface area contributed by atoms with E-state index in [1.165, 1.54) is 22.0 Å². The number of amides is 1. The second-order valence-electron chi connectivity index (χ2n) is 7.10. The second-order valence-corrected chi connectivity index (χ2v) is 9.04. The van der Waals surface area contributed by atoms with Crippen molar-refractivity contribution in [3.05, 3.63) is 54.1 Å². The molecule has 9 heteroatoms. The Morgan fingerprint density at radius 2 is 1.71 bits per heavy atom. The Hall–Kier alpha value is -2.62. The molecule has 1 saturated heterocycles. The summed E-state index contributed by atoms with van der Waals surface area (Å²) in [4.78, 5) is 14.2. The van der Waals surface area contributed by atoms with Gasteiger partial charge < -0.3 is 9.47 Å². The van der Waals surface area contributed by atoms with E-state index in [1.54, 1.807) is 13.0 Å². The van der Waals surface area contributed by atoms with Gasteiger partial charge in [-0.2, -0.15) is 4.31 Å². The Labute approximate surface area is 183 Å². The number of hydrogen-bond acceptors (Lipinski definition) is 6. The van der Waals surface area contributed by atoms with Crippen molar-refractivity contribution in [3.8, 4) is 5.75 Å². The maximum absolute atomic E-state index is 13.2. The highest BCUT2D eigenvalue weighted by molar-refractivity contribution is 7.89. The largest absolute Gasteiger partial charge is 0.492 e. The summed E-state index contributed by atoms with van der Waals surface area (Å²) >= 11 is 0. The molecule has 0 aromatic heterocycles. The molecule has 1 N–H and O–H groups in total. The summed E-state index contributed by atoms with van der Waals surface area (Å²) in [6, 6.07) is 14.6. The van der Waals surface area contributed by atoms with E-state index in [-0.39, 0.29) is 17.2 Å². The van der Waals surface area contributed by atoms with Crippen LogP contribution in [0.3, 0.4) is 0 Å². The highest BCUT2D eigenvalue weighted by Gasteiger charge is 2.29. The van der Waals surface area contributed by atoms with Crippen LogP contribution in [0, 0.1) is 0 Å². The van der Waals surface area contributed by atoms with Gasteiger partial charge in [0.2, 0.25) is 10.0 Å². The van der Waals surface area contributed by atoms with E-state index in [4.69, 9.17) is 9.47 Å². The van der Waals surface area contributed by atoms with Crippen molar-refractivity contribution >= 4 is 21.8 Å². The zero-order valence-corrected chi connectivity index (χ0v) is 18.7. The minimum atomic E-state index is -3.70. The fraction of sp³-hybridized carbons (Fsp3) is 0.409. The summed E-state index contributed by atoms with van der Waals surface area (Å²) < 4.78 is 38.3. The summed E-state index contributed by atoms with van der Waals surface area (Å²) in [6.45, 7) is 7.01. The van der Waals surface area contributed by atoms with Crippen LogP contribution in [0.2, 0.25) is 0 Å². The Morgan fingerprint density at radius 3 is 2.35 bits per heavy atom. The first-order valence-corrected chi connectivity index (χ1v) is 11.8. The smallest absolute Gasteiger partial charge is 0.411 e. The molecule has 1 fully saturated rings. The summed E-state index contributed by atoms with van der Waals surface area (Å²) in [5.41, 5.74) is 1.48. The van der Waals surface area contributed by atoms with Gasteiger partial charge in [-0.3, -0.25) is 10.2 Å². The molecule has 0 spiro atoms. The van der Waals surface area contributed by atoms with Crippen LogP contribution in [0.5, 0.6) is 5.75 Å². The summed E-state index contributed by atoms with van der Waals surface area (Å²) in [5.74, 6) is 0.391. The number of hydrogen-bond donors (Lipinski definition) is 1. The molecule has 1 aliphatic rings. The molecule has 2 aromatic carbocycles. The molecule has 1 amide bonds. The van der Waals surface area contributed by atoms with Gasteiger partial charge in [0.05, 0.1) is 23.8 Å². The zero-order valence-electron chi connectivity index (χ0n) is 17.9. The first-order chi connectivity index (χ1) is 14.9. The van der Waals surface area contributed by atoms with Crippen molar-refractivity contribution in [3.63, 3.8) is 0 Å². The summed E-state index contributed by atoms with van der Waals surface area (Å²) in [7, 11) is -3.70. The fourth-order valence-electron chi connectivity index (χ4n) is 3.44. The summed E-state index contributed by atoms with van der Waals surface area (Å²) in [5, 5.41) is 2.57. The molecule has 3 rings (SSSR count). The van der Waals surface area contributed by atoms with Crippen molar-refractivity contribution in [2.75, 3.05) is 44.7 Å². The number of anilines is 1. The molecular weight excluding hydrogens is 418 g/mol. The first-order valence-electron chi connectivity index (χ1n) is 10.4. The molecule has 0 radical (unpaired) electrons. The fourth-order valence-corrected chi connectivity index (χ4v) is 4.89. The van der Waals surface area contributed by atoms with Gasteiger partial charge in [0.1, 0.15) is 5.75 Å². The predicted octanol–water partition coefficient (Wildman–Crippen LogP) is 3.16. The average molecular weight is 448 g/mol. The van der Waals surface area contributed by atoms with Crippen LogP contribution < -0.4 is 10.1 Å². The van der Waals surface area contributed by atoms with Gasteiger partial charge in [0, 0.05) is 32.7 Å². The van der Waals surface area contributed by atoms with Crippen molar-refractivity contribution in [1.29, 1.82) is 0 Å². The van der Waals surface area contributed by atoms with Crippen LogP contribution in [0.25, 0.3) is 0 Å². The molecule has 1 aliphatic heterocycles. The van der Waals surface area contributed by atoms with E-state index >= 15 is 0 Å². The van der Waals surface area contributed by atoms with Crippen LogP contribution in [-0.4, -0.2) is 63.1 Å². The Kier molecular flexibility index (Phi) is 7.89. The zero-order chi connectivity index (χ0) is 22.3. The third kappa shape index (κ3) is 5.96.